The molecular weight excluding hydrogens is 269 g/mol. The van der Waals surface area contributed by atoms with Crippen molar-refractivity contribution in [1.29, 1.82) is 0 Å². The molecule has 1 fully saturated rings. The van der Waals surface area contributed by atoms with Gasteiger partial charge in [0.25, 0.3) is 5.56 Å². The molecule has 3 rings (SSSR count). The van der Waals surface area contributed by atoms with Crippen LogP contribution in [0.2, 0.25) is 0 Å². The minimum atomic E-state index is -2.72. The Balaban J connectivity index is 2.10. The molecule has 20 heavy (non-hydrogen) atoms. The number of aromatic amines is 1. The number of hydrogen-bond acceptors (Lipinski definition) is 2. The first-order chi connectivity index (χ1) is 9.41. The summed E-state index contributed by atoms with van der Waals surface area (Å²) in [5.74, 6) is -3.77. The van der Waals surface area contributed by atoms with Crippen LogP contribution in [0.15, 0.2) is 16.9 Å². The number of nitrogens with one attached hydrogen (secondary N) is 1. The second-order valence-electron chi connectivity index (χ2n) is 5.20. The smallest absolute Gasteiger partial charge is 0.270 e. The fraction of sp³-hybridized carbons (Fsp3) is 0.429. The fourth-order valence-electron chi connectivity index (χ4n) is 2.58. The molecule has 0 amide bonds. The van der Waals surface area contributed by atoms with Crippen molar-refractivity contribution in [1.82, 2.24) is 9.97 Å². The number of hydrogen-bond donors (Lipinski definition) is 1. The Morgan fingerprint density at radius 3 is 2.70 bits per heavy atom. The van der Waals surface area contributed by atoms with E-state index < -0.39 is 23.2 Å². The Kier molecular flexibility index (Phi) is 2.84. The Hall–Kier alpha value is -1.85. The summed E-state index contributed by atoms with van der Waals surface area (Å²) in [6, 6.07) is 3.20. The number of benzene rings is 1. The highest BCUT2D eigenvalue weighted by molar-refractivity contribution is 5.75. The maximum atomic E-state index is 14.1. The van der Waals surface area contributed by atoms with Crippen LogP contribution in [0.3, 0.4) is 0 Å². The largest absolute Gasteiger partial charge is 0.317 e. The normalized spacial score (nSPS) is 18.2. The van der Waals surface area contributed by atoms with Gasteiger partial charge in [-0.2, -0.15) is 0 Å². The molecule has 0 unspecified atom stereocenters. The van der Waals surface area contributed by atoms with E-state index in [2.05, 4.69) is 9.97 Å². The molecular formula is C14H13F3N2O. The van der Waals surface area contributed by atoms with Crippen LogP contribution in [0.1, 0.15) is 36.9 Å². The van der Waals surface area contributed by atoms with Crippen molar-refractivity contribution < 1.29 is 13.2 Å². The Labute approximate surface area is 112 Å². The van der Waals surface area contributed by atoms with Crippen molar-refractivity contribution in [3.63, 3.8) is 0 Å². The standard InChI is InChI=1S/C14H13F3N2O/c1-2-7-3-4-9-12(10(7)15)19-13(20)11(18-9)8-5-14(16,17)6-8/h3-4,8H,2,5-6H2,1H3,(H,19,20). The Bertz CT molecular complexity index is 731. The number of nitrogens with zero attached hydrogens (tertiary/aromatic N) is 1. The van der Waals surface area contributed by atoms with E-state index in [9.17, 15) is 18.0 Å². The van der Waals surface area contributed by atoms with Crippen molar-refractivity contribution in [3.05, 3.63) is 39.6 Å². The maximum absolute atomic E-state index is 14.1. The van der Waals surface area contributed by atoms with Gasteiger partial charge in [0.1, 0.15) is 11.2 Å². The van der Waals surface area contributed by atoms with Crippen LogP contribution in [-0.2, 0) is 6.42 Å². The maximum Gasteiger partial charge on any atom is 0.270 e. The van der Waals surface area contributed by atoms with Crippen LogP contribution in [0, 0.1) is 5.82 Å². The Morgan fingerprint density at radius 2 is 2.10 bits per heavy atom. The lowest BCUT2D eigenvalue weighted by Gasteiger charge is -2.33. The number of halogens is 3. The summed E-state index contributed by atoms with van der Waals surface area (Å²) in [4.78, 5) is 18.4. The molecule has 1 saturated carbocycles. The summed E-state index contributed by atoms with van der Waals surface area (Å²) in [5.41, 5.74) is 0.323. The van der Waals surface area contributed by atoms with Crippen molar-refractivity contribution in [2.75, 3.05) is 0 Å². The first-order valence-electron chi connectivity index (χ1n) is 6.50. The second-order valence-corrected chi connectivity index (χ2v) is 5.20. The van der Waals surface area contributed by atoms with Crippen LogP contribution in [0.5, 0.6) is 0 Å². The third kappa shape index (κ3) is 1.99. The molecule has 1 aromatic heterocycles. The van der Waals surface area contributed by atoms with Crippen molar-refractivity contribution >= 4 is 11.0 Å². The monoisotopic (exact) mass is 282 g/mol. The van der Waals surface area contributed by atoms with Crippen LogP contribution < -0.4 is 5.56 Å². The summed E-state index contributed by atoms with van der Waals surface area (Å²) in [6.07, 6.45) is -0.241. The number of aromatic nitrogens is 2. The first-order valence-corrected chi connectivity index (χ1v) is 6.50. The molecule has 1 aliphatic rings. The second kappa shape index (κ2) is 4.33. The molecule has 3 nitrogen and oxygen atoms in total. The van der Waals surface area contributed by atoms with Gasteiger partial charge in [0, 0.05) is 18.8 Å². The SMILES string of the molecule is CCc1ccc2nc(C3CC(F)(F)C3)c(=O)[nH]c2c1F. The third-order valence-electron chi connectivity index (χ3n) is 3.77. The van der Waals surface area contributed by atoms with E-state index in [-0.39, 0.29) is 24.1 Å². The zero-order chi connectivity index (χ0) is 14.5. The van der Waals surface area contributed by atoms with Crippen molar-refractivity contribution in [3.8, 4) is 0 Å². The van der Waals surface area contributed by atoms with Gasteiger partial charge in [0.05, 0.1) is 5.52 Å². The number of rotatable bonds is 2. The van der Waals surface area contributed by atoms with E-state index in [0.29, 0.717) is 17.5 Å². The van der Waals surface area contributed by atoms with Crippen molar-refractivity contribution in [2.45, 2.75) is 38.0 Å². The van der Waals surface area contributed by atoms with Crippen molar-refractivity contribution in [2.24, 2.45) is 0 Å². The zero-order valence-electron chi connectivity index (χ0n) is 10.8. The lowest BCUT2D eigenvalue weighted by atomic mass is 9.79. The average Bonchev–Trinajstić information content (AvgIpc) is 2.36. The molecule has 106 valence electrons. The summed E-state index contributed by atoms with van der Waals surface area (Å²) >= 11 is 0. The van der Waals surface area contributed by atoms with Crippen LogP contribution in [0.25, 0.3) is 11.0 Å². The summed E-state index contributed by atoms with van der Waals surface area (Å²) in [7, 11) is 0. The van der Waals surface area contributed by atoms with Gasteiger partial charge in [-0.15, -0.1) is 0 Å². The molecule has 1 heterocycles. The quantitative estimate of drug-likeness (QED) is 0.919. The summed E-state index contributed by atoms with van der Waals surface area (Å²) < 4.78 is 39.8. The molecule has 0 saturated heterocycles. The van der Waals surface area contributed by atoms with Crippen LogP contribution >= 0.6 is 0 Å². The number of fused-ring (bicyclic) bond motifs is 1. The molecule has 1 N–H and O–H groups in total. The topological polar surface area (TPSA) is 45.8 Å². The molecule has 1 aromatic carbocycles. The molecule has 6 heteroatoms. The molecule has 0 atom stereocenters. The predicted molar refractivity (Wildman–Crippen MR) is 68.6 cm³/mol. The van der Waals surface area contributed by atoms with Gasteiger partial charge in [0.2, 0.25) is 5.92 Å². The van der Waals surface area contributed by atoms with Gasteiger partial charge < -0.3 is 4.98 Å². The predicted octanol–water partition coefficient (Wildman–Crippen LogP) is 3.14. The lowest BCUT2D eigenvalue weighted by molar-refractivity contribution is -0.0878. The van der Waals surface area contributed by atoms with Crippen LogP contribution in [-0.4, -0.2) is 15.9 Å². The van der Waals surface area contributed by atoms with Gasteiger partial charge in [-0.1, -0.05) is 13.0 Å². The third-order valence-corrected chi connectivity index (χ3v) is 3.77. The number of H-pyrrole nitrogens is 1. The number of alkyl halides is 2. The highest BCUT2D eigenvalue weighted by Crippen LogP contribution is 2.46. The first kappa shape index (κ1) is 13.1. The Morgan fingerprint density at radius 1 is 1.40 bits per heavy atom. The molecule has 1 aliphatic carbocycles. The van der Waals surface area contributed by atoms with E-state index >= 15 is 0 Å². The highest BCUT2D eigenvalue weighted by atomic mass is 19.3. The summed E-state index contributed by atoms with van der Waals surface area (Å²) in [5, 5.41) is 0. The van der Waals surface area contributed by atoms with E-state index in [0.717, 1.165) is 0 Å². The minimum absolute atomic E-state index is 0.0455. The van der Waals surface area contributed by atoms with Gasteiger partial charge >= 0.3 is 0 Å². The van der Waals surface area contributed by atoms with Gasteiger partial charge in [0.15, 0.2) is 5.82 Å². The zero-order valence-corrected chi connectivity index (χ0v) is 10.8. The number of aryl methyl sites for hydroxylation is 1. The molecule has 0 radical (unpaired) electrons. The molecule has 2 aromatic rings. The molecule has 0 spiro atoms. The van der Waals surface area contributed by atoms with Gasteiger partial charge in [-0.05, 0) is 18.1 Å². The molecule has 0 bridgehead atoms. The van der Waals surface area contributed by atoms with Gasteiger partial charge in [-0.25, -0.2) is 18.2 Å². The van der Waals surface area contributed by atoms with E-state index in [1.54, 1.807) is 19.1 Å². The lowest BCUT2D eigenvalue weighted by Crippen LogP contribution is -2.37. The molecule has 0 aliphatic heterocycles. The highest BCUT2D eigenvalue weighted by Gasteiger charge is 2.47. The van der Waals surface area contributed by atoms with Gasteiger partial charge in [-0.3, -0.25) is 4.79 Å². The summed E-state index contributed by atoms with van der Waals surface area (Å²) in [6.45, 7) is 1.81. The fourth-order valence-corrected chi connectivity index (χ4v) is 2.58. The van der Waals surface area contributed by atoms with E-state index in [1.165, 1.54) is 0 Å². The average molecular weight is 282 g/mol. The van der Waals surface area contributed by atoms with E-state index in [4.69, 9.17) is 0 Å². The minimum Gasteiger partial charge on any atom is -0.317 e. The van der Waals surface area contributed by atoms with Crippen LogP contribution in [0.4, 0.5) is 13.2 Å². The van der Waals surface area contributed by atoms with E-state index in [1.807, 2.05) is 0 Å².